The summed E-state index contributed by atoms with van der Waals surface area (Å²) in [6.07, 6.45) is 0.977. The Morgan fingerprint density at radius 2 is 1.54 bits per heavy atom. The summed E-state index contributed by atoms with van der Waals surface area (Å²) in [5.74, 6) is -0.720. The standard InChI is InChI=1S/C27H29N5O3/c1-16-14-22-23(31(5)27(35)30(22)4)15-21(16)32-25(33)18-9-6-8-17-20(28-12-7-13-29(2)3)11-10-19(24(17)18)26(32)34/h6,8-11,14-15,28H,7,12-13H2,1-5H3. The van der Waals surface area contributed by atoms with Crippen molar-refractivity contribution in [1.82, 2.24) is 14.0 Å². The van der Waals surface area contributed by atoms with Gasteiger partial charge in [-0.3, -0.25) is 18.7 Å². The van der Waals surface area contributed by atoms with E-state index in [1.165, 1.54) is 9.47 Å². The number of aryl methyl sites for hydroxylation is 3. The number of imidazole rings is 1. The fourth-order valence-corrected chi connectivity index (χ4v) is 4.97. The molecule has 8 heteroatoms. The van der Waals surface area contributed by atoms with Gasteiger partial charge in [0.15, 0.2) is 0 Å². The average Bonchev–Trinajstić information content (AvgIpc) is 3.04. The first-order valence-corrected chi connectivity index (χ1v) is 11.7. The number of benzene rings is 3. The molecule has 0 bridgehead atoms. The van der Waals surface area contributed by atoms with Gasteiger partial charge in [0.25, 0.3) is 11.8 Å². The van der Waals surface area contributed by atoms with Crippen molar-refractivity contribution >= 4 is 45.0 Å². The van der Waals surface area contributed by atoms with E-state index in [0.29, 0.717) is 27.7 Å². The minimum absolute atomic E-state index is 0.159. The molecule has 3 aromatic carbocycles. The lowest BCUT2D eigenvalue weighted by atomic mass is 9.92. The van der Waals surface area contributed by atoms with Crippen LogP contribution >= 0.6 is 0 Å². The molecule has 2 heterocycles. The molecule has 1 aliphatic rings. The number of nitrogens with zero attached hydrogens (tertiary/aromatic N) is 4. The van der Waals surface area contributed by atoms with Gasteiger partial charge in [-0.15, -0.1) is 0 Å². The summed E-state index contributed by atoms with van der Waals surface area (Å²) in [4.78, 5) is 43.2. The average molecular weight is 472 g/mol. The van der Waals surface area contributed by atoms with Gasteiger partial charge in [-0.25, -0.2) is 9.69 Å². The number of aromatic nitrogens is 2. The SMILES string of the molecule is Cc1cc2c(cc1N1C(=O)c3cccc4c(NCCCN(C)C)ccc(c34)C1=O)n(C)c(=O)n2C. The van der Waals surface area contributed by atoms with Crippen LogP contribution in [0.5, 0.6) is 0 Å². The summed E-state index contributed by atoms with van der Waals surface area (Å²) in [7, 11) is 7.49. The molecule has 8 nitrogen and oxygen atoms in total. The van der Waals surface area contributed by atoms with Gasteiger partial charge < -0.3 is 10.2 Å². The number of fused-ring (bicyclic) bond motifs is 1. The summed E-state index contributed by atoms with van der Waals surface area (Å²) in [5.41, 5.74) is 4.40. The van der Waals surface area contributed by atoms with Crippen LogP contribution in [0, 0.1) is 6.92 Å². The zero-order valence-electron chi connectivity index (χ0n) is 20.7. The maximum absolute atomic E-state index is 13.7. The highest BCUT2D eigenvalue weighted by atomic mass is 16.2. The topological polar surface area (TPSA) is 79.6 Å². The second-order valence-corrected chi connectivity index (χ2v) is 9.45. The number of carbonyl (C=O) groups is 2. The summed E-state index contributed by atoms with van der Waals surface area (Å²) < 4.78 is 3.09. The minimum atomic E-state index is -0.360. The van der Waals surface area contributed by atoms with Gasteiger partial charge in [-0.05, 0) is 69.9 Å². The molecule has 1 aliphatic heterocycles. The molecule has 0 saturated carbocycles. The number of amides is 2. The van der Waals surface area contributed by atoms with Crippen molar-refractivity contribution in [3.8, 4) is 0 Å². The Kier molecular flexibility index (Phi) is 5.48. The van der Waals surface area contributed by atoms with E-state index in [0.717, 1.165) is 41.7 Å². The van der Waals surface area contributed by atoms with Crippen LogP contribution < -0.4 is 15.9 Å². The van der Waals surface area contributed by atoms with Crippen molar-refractivity contribution in [3.63, 3.8) is 0 Å². The van der Waals surface area contributed by atoms with E-state index in [-0.39, 0.29) is 17.5 Å². The van der Waals surface area contributed by atoms with Crippen LogP contribution in [0.25, 0.3) is 21.8 Å². The Hall–Kier alpha value is -3.91. The lowest BCUT2D eigenvalue weighted by Gasteiger charge is -2.29. The van der Waals surface area contributed by atoms with Crippen molar-refractivity contribution in [1.29, 1.82) is 0 Å². The molecule has 180 valence electrons. The number of nitrogens with one attached hydrogen (secondary N) is 1. The monoisotopic (exact) mass is 471 g/mol. The van der Waals surface area contributed by atoms with Crippen LogP contribution in [0.2, 0.25) is 0 Å². The molecule has 5 rings (SSSR count). The molecule has 0 spiro atoms. The van der Waals surface area contributed by atoms with Crippen LogP contribution in [-0.2, 0) is 14.1 Å². The van der Waals surface area contributed by atoms with Crippen LogP contribution in [0.3, 0.4) is 0 Å². The van der Waals surface area contributed by atoms with Crippen LogP contribution in [-0.4, -0.2) is 53.0 Å². The predicted octanol–water partition coefficient (Wildman–Crippen LogP) is 3.50. The number of hydrogen-bond donors (Lipinski definition) is 1. The van der Waals surface area contributed by atoms with Gasteiger partial charge in [-0.1, -0.05) is 12.1 Å². The number of rotatable bonds is 6. The third-order valence-electron chi connectivity index (χ3n) is 6.84. The first-order valence-electron chi connectivity index (χ1n) is 11.7. The van der Waals surface area contributed by atoms with E-state index in [9.17, 15) is 14.4 Å². The number of carbonyl (C=O) groups excluding carboxylic acids is 2. The summed E-state index contributed by atoms with van der Waals surface area (Å²) in [6.45, 7) is 3.61. The highest BCUT2D eigenvalue weighted by Gasteiger charge is 2.35. The van der Waals surface area contributed by atoms with Crippen molar-refractivity contribution in [2.75, 3.05) is 37.4 Å². The highest BCUT2D eigenvalue weighted by molar-refractivity contribution is 6.36. The van der Waals surface area contributed by atoms with Crippen molar-refractivity contribution in [2.24, 2.45) is 14.1 Å². The molecule has 0 saturated heterocycles. The summed E-state index contributed by atoms with van der Waals surface area (Å²) in [5, 5.41) is 5.01. The summed E-state index contributed by atoms with van der Waals surface area (Å²) >= 11 is 0. The van der Waals surface area contributed by atoms with Gasteiger partial charge in [0.05, 0.1) is 16.7 Å². The number of hydrogen-bond acceptors (Lipinski definition) is 5. The molecule has 1 N–H and O–H groups in total. The first kappa shape index (κ1) is 22.9. The fraction of sp³-hybridized carbons (Fsp3) is 0.296. The van der Waals surface area contributed by atoms with Crippen LogP contribution in [0.4, 0.5) is 11.4 Å². The second-order valence-electron chi connectivity index (χ2n) is 9.45. The Morgan fingerprint density at radius 3 is 2.23 bits per heavy atom. The zero-order valence-corrected chi connectivity index (χ0v) is 20.7. The number of anilines is 2. The van der Waals surface area contributed by atoms with Crippen molar-refractivity contribution in [3.05, 3.63) is 69.6 Å². The normalized spacial score (nSPS) is 13.5. The lowest BCUT2D eigenvalue weighted by molar-refractivity contribution is 0.0893. The number of imide groups is 1. The molecule has 2 amide bonds. The second kappa shape index (κ2) is 8.39. The van der Waals surface area contributed by atoms with E-state index < -0.39 is 0 Å². The Labute approximate surface area is 203 Å². The third-order valence-corrected chi connectivity index (χ3v) is 6.84. The molecule has 1 aromatic heterocycles. The lowest BCUT2D eigenvalue weighted by Crippen LogP contribution is -2.41. The smallest absolute Gasteiger partial charge is 0.328 e. The molecule has 0 aliphatic carbocycles. The Bertz CT molecular complexity index is 1560. The quantitative estimate of drug-likeness (QED) is 0.344. The molecule has 4 aromatic rings. The largest absolute Gasteiger partial charge is 0.384 e. The first-order chi connectivity index (χ1) is 16.7. The Balaban J connectivity index is 1.60. The highest BCUT2D eigenvalue weighted by Crippen LogP contribution is 2.37. The predicted molar refractivity (Wildman–Crippen MR) is 140 cm³/mol. The zero-order chi connectivity index (χ0) is 25.0. The minimum Gasteiger partial charge on any atom is -0.384 e. The van der Waals surface area contributed by atoms with Gasteiger partial charge in [0.1, 0.15) is 0 Å². The van der Waals surface area contributed by atoms with E-state index in [2.05, 4.69) is 10.2 Å². The van der Waals surface area contributed by atoms with E-state index in [1.54, 1.807) is 36.9 Å². The molecule has 0 atom stereocenters. The van der Waals surface area contributed by atoms with Gasteiger partial charge in [-0.2, -0.15) is 0 Å². The maximum atomic E-state index is 13.7. The van der Waals surface area contributed by atoms with E-state index in [4.69, 9.17) is 0 Å². The molecular formula is C27H29N5O3. The summed E-state index contributed by atoms with van der Waals surface area (Å²) in [6, 6.07) is 12.9. The third kappa shape index (κ3) is 3.52. The van der Waals surface area contributed by atoms with Gasteiger partial charge >= 0.3 is 5.69 Å². The maximum Gasteiger partial charge on any atom is 0.328 e. The molecule has 0 fully saturated rings. The molecular weight excluding hydrogens is 442 g/mol. The molecule has 0 radical (unpaired) electrons. The fourth-order valence-electron chi connectivity index (χ4n) is 4.97. The van der Waals surface area contributed by atoms with Crippen LogP contribution in [0.15, 0.2) is 47.3 Å². The molecule has 0 unspecified atom stereocenters. The van der Waals surface area contributed by atoms with Crippen molar-refractivity contribution in [2.45, 2.75) is 13.3 Å². The van der Waals surface area contributed by atoms with Gasteiger partial charge in [0, 0.05) is 48.2 Å². The Morgan fingerprint density at radius 1 is 0.886 bits per heavy atom. The van der Waals surface area contributed by atoms with E-state index in [1.807, 2.05) is 45.3 Å². The van der Waals surface area contributed by atoms with E-state index >= 15 is 0 Å². The van der Waals surface area contributed by atoms with Gasteiger partial charge in [0.2, 0.25) is 0 Å². The van der Waals surface area contributed by atoms with Crippen molar-refractivity contribution < 1.29 is 9.59 Å². The van der Waals surface area contributed by atoms with Crippen LogP contribution in [0.1, 0.15) is 32.7 Å². The molecule has 35 heavy (non-hydrogen) atoms.